The van der Waals surface area contributed by atoms with Gasteiger partial charge in [0.05, 0.1) is 39.4 Å². The number of nitrogens with zero attached hydrogens (tertiary/aromatic N) is 9. The van der Waals surface area contributed by atoms with E-state index in [-0.39, 0.29) is 39.9 Å². The van der Waals surface area contributed by atoms with Crippen LogP contribution >= 0.6 is 31.3 Å². The molecule has 4 unspecified atom stereocenters. The average Bonchev–Trinajstić information content (AvgIpc) is 1.63. The van der Waals surface area contributed by atoms with Crippen molar-refractivity contribution in [1.29, 1.82) is 0 Å². The molecule has 0 aliphatic carbocycles. The lowest BCUT2D eigenvalue weighted by Gasteiger charge is -2.27. The number of aliphatic hydroxyl groups is 7. The average molecular weight is 1530 g/mol. The number of H-pyrrole nitrogens is 3. The Kier molecular flexibility index (Phi) is 21.9. The van der Waals surface area contributed by atoms with Gasteiger partial charge < -0.3 is 96.2 Å². The van der Waals surface area contributed by atoms with Crippen molar-refractivity contribution in [3.05, 3.63) is 127 Å². The molecule has 0 spiro atoms. The first-order chi connectivity index (χ1) is 47.8. The molecule has 6 aromatic rings. The minimum absolute atomic E-state index is 0.0682. The van der Waals surface area contributed by atoms with Crippen LogP contribution in [0.15, 0.2) is 76.8 Å². The number of nitrogens with one attached hydrogen (secondary N) is 3. The molecule has 5 saturated heterocycles. The third kappa shape index (κ3) is 15.9. The summed E-state index contributed by atoms with van der Waals surface area (Å²) in [5.74, 6) is -0.877. The molecular formula is C48H63N15O35P4. The number of aliphatic hydroxyl groups excluding tert-OH is 7. The number of nitrogen functional groups attached to an aromatic ring is 3. The molecule has 560 valence electrons. The maximum Gasteiger partial charge on any atom is 0.472 e. The number of aryl methyl sites for hydroxylation is 2. The number of phosphoric acid groups is 4. The minimum Gasteiger partial charge on any atom is -0.394 e. The standard InChI is InChI=1S/C48H63N15O35P4/c1-15-7-61(47(76)55-35(15)49)39-26(68)25(67)18(91-39)10-86-99(78,79)96-32-20(93-40(28(32)70)59-5-3-22(65)53-45(59)74)12-88-102(84,85)98-34-21(94-42(30(34)72)62-8-16(2)36(50)56-48(62)77)13-89-101(82,83)97-33-19(92-41(29(33)71)60-6-4-23(66)54-46(60)75)11-87-100(80,81)95-31-17(9-64)90-43(27(31)69)63-14-52-24-37(63)57-44(51)58-38(24)73/h3-8,14,17-21,25-34,39-43,64,67-72H,9-13H2,1-2H3,(H,78,79)(H,80,81)(H,82,83)(H,84,85)(H2,49,55,76)(H2,50,56,77)(H,53,65,74)(H,54,66,75)(H3,51,57,58,73)/t17-,18-,19-,20-,21-,25-,26-,27-,28-,29-,30-,31-,32-,33-,34-,39-,40-,41-,42-,43-/m1/s1. The molecule has 0 saturated carbocycles. The highest BCUT2D eigenvalue weighted by molar-refractivity contribution is 7.48. The van der Waals surface area contributed by atoms with Gasteiger partial charge in [-0.15, -0.1) is 0 Å². The number of phosphoric ester groups is 4. The largest absolute Gasteiger partial charge is 0.472 e. The van der Waals surface area contributed by atoms with E-state index in [1.54, 1.807) is 0 Å². The summed E-state index contributed by atoms with van der Waals surface area (Å²) in [5.41, 5.74) is 9.44. The van der Waals surface area contributed by atoms with Crippen molar-refractivity contribution in [3.8, 4) is 0 Å². The summed E-state index contributed by atoms with van der Waals surface area (Å²) < 4.78 is 129. The van der Waals surface area contributed by atoms with Crippen LogP contribution in [0, 0.1) is 13.8 Å². The second kappa shape index (κ2) is 29.4. The molecule has 5 fully saturated rings. The molecule has 6 aromatic heterocycles. The molecule has 5 aliphatic heterocycles. The van der Waals surface area contributed by atoms with Crippen LogP contribution in [-0.2, 0) is 78.1 Å². The van der Waals surface area contributed by atoms with Crippen LogP contribution in [0.2, 0.25) is 0 Å². The van der Waals surface area contributed by atoms with Crippen LogP contribution in [0.1, 0.15) is 42.3 Å². The zero-order chi connectivity index (χ0) is 74.1. The van der Waals surface area contributed by atoms with E-state index in [0.717, 1.165) is 52.4 Å². The first-order valence-electron chi connectivity index (χ1n) is 29.5. The summed E-state index contributed by atoms with van der Waals surface area (Å²) >= 11 is 0. The maximum atomic E-state index is 14.1. The Hall–Kier alpha value is -7.17. The number of hydrogen-bond donors (Lipinski definition) is 17. The van der Waals surface area contributed by atoms with Crippen molar-refractivity contribution in [1.82, 2.24) is 57.7 Å². The van der Waals surface area contributed by atoms with Crippen molar-refractivity contribution in [2.75, 3.05) is 50.2 Å². The number of anilines is 3. The third-order valence-electron chi connectivity index (χ3n) is 16.3. The molecule has 20 N–H and O–H groups in total. The highest BCUT2D eigenvalue weighted by atomic mass is 31.2. The Bertz CT molecular complexity index is 4780. The van der Waals surface area contributed by atoms with E-state index >= 15 is 0 Å². The fraction of sp³-hybridized carbons (Fsp3) is 0.562. The highest BCUT2D eigenvalue weighted by Gasteiger charge is 2.56. The molecule has 102 heavy (non-hydrogen) atoms. The van der Waals surface area contributed by atoms with E-state index in [2.05, 4.69) is 24.9 Å². The van der Waals surface area contributed by atoms with Crippen LogP contribution in [-0.4, -0.2) is 238 Å². The van der Waals surface area contributed by atoms with Crippen molar-refractivity contribution >= 4 is 60.0 Å². The second-order valence-corrected chi connectivity index (χ2v) is 28.7. The van der Waals surface area contributed by atoms with Gasteiger partial charge in [0, 0.05) is 48.0 Å². The Balaban J connectivity index is 0.802. The summed E-state index contributed by atoms with van der Waals surface area (Å²) in [4.78, 5) is 154. The van der Waals surface area contributed by atoms with Gasteiger partial charge in [0.1, 0.15) is 103 Å². The SMILES string of the molecule is Cc1cn([C@@H]2O[C@H](COP(=O)(O)O[C@H]3[C@@H](O)[C@H](n4ccc(=O)[nH]c4=O)O[C@@H]3COP(=O)(O)O[C@H]3[C@@H](O)[C@H](n4cc(C)c(N)nc4=O)O[C@@H]3COP(=O)(O)O[C@H]3[C@@H](O)[C@H](n4ccc(=O)[nH]c4=O)O[C@@H]3COP(=O)(O)O[C@H]3[C@@H](O)[C@H](n4cnc5c(=O)[nH]c(N)nc54)O[C@@H]3CO)[C@@H](O)[C@H]2O)c(=O)nc1N. The molecule has 0 amide bonds. The Labute approximate surface area is 563 Å². The Morgan fingerprint density at radius 3 is 1.21 bits per heavy atom. The molecule has 0 aromatic carbocycles. The van der Waals surface area contributed by atoms with Crippen LogP contribution in [0.25, 0.3) is 11.2 Å². The number of imidazole rings is 1. The van der Waals surface area contributed by atoms with Gasteiger partial charge in [-0.1, -0.05) is 0 Å². The van der Waals surface area contributed by atoms with Crippen molar-refractivity contribution in [2.24, 2.45) is 0 Å². The molecule has 11 rings (SSSR count). The lowest BCUT2D eigenvalue weighted by atomic mass is 10.1. The van der Waals surface area contributed by atoms with E-state index in [1.807, 2.05) is 9.97 Å². The number of hydrogen-bond acceptors (Lipinski definition) is 38. The zero-order valence-corrected chi connectivity index (χ0v) is 55.5. The predicted octanol–water partition coefficient (Wildman–Crippen LogP) is -8.25. The molecule has 5 aliphatic rings. The summed E-state index contributed by atoms with van der Waals surface area (Å²) in [7, 11) is -23.1. The summed E-state index contributed by atoms with van der Waals surface area (Å²) in [6.07, 6.45) is -36.2. The lowest BCUT2D eigenvalue weighted by molar-refractivity contribution is -0.0665. The highest BCUT2D eigenvalue weighted by Crippen LogP contribution is 2.55. The van der Waals surface area contributed by atoms with Gasteiger partial charge in [-0.2, -0.15) is 15.0 Å². The molecule has 11 heterocycles. The first kappa shape index (κ1) is 76.0. The van der Waals surface area contributed by atoms with E-state index in [1.165, 1.54) is 13.8 Å². The van der Waals surface area contributed by atoms with Gasteiger partial charge >= 0.3 is 54.0 Å². The number of ether oxygens (including phenoxy) is 5. The monoisotopic (exact) mass is 1530 g/mol. The minimum atomic E-state index is -5.92. The molecule has 0 radical (unpaired) electrons. The van der Waals surface area contributed by atoms with Crippen LogP contribution in [0.5, 0.6) is 0 Å². The van der Waals surface area contributed by atoms with Crippen molar-refractivity contribution < 1.29 is 133 Å². The smallest absolute Gasteiger partial charge is 0.394 e. The number of aromatic nitrogens is 12. The van der Waals surface area contributed by atoms with E-state index in [4.69, 9.17) is 77.1 Å². The fourth-order valence-electron chi connectivity index (χ4n) is 11.3. The van der Waals surface area contributed by atoms with E-state index < -0.39 is 226 Å². The van der Waals surface area contributed by atoms with Crippen molar-refractivity contribution in [2.45, 2.75) is 137 Å². The zero-order valence-electron chi connectivity index (χ0n) is 51.9. The van der Waals surface area contributed by atoms with Crippen LogP contribution in [0.3, 0.4) is 0 Å². The third-order valence-corrected chi connectivity index (χ3v) is 20.2. The Morgan fingerprint density at radius 1 is 0.471 bits per heavy atom. The number of nitrogens with two attached hydrogens (primary N) is 3. The summed E-state index contributed by atoms with van der Waals surface area (Å²) in [6.45, 7) is -3.48. The van der Waals surface area contributed by atoms with Gasteiger partial charge in [-0.05, 0) is 13.8 Å². The van der Waals surface area contributed by atoms with Gasteiger partial charge in [-0.25, -0.2) is 42.4 Å². The lowest BCUT2D eigenvalue weighted by Crippen LogP contribution is -2.39. The molecular weight excluding hydrogens is 1470 g/mol. The maximum absolute atomic E-state index is 14.1. The quantitative estimate of drug-likeness (QED) is 0.0224. The molecule has 0 bridgehead atoms. The van der Waals surface area contributed by atoms with Gasteiger partial charge in [0.25, 0.3) is 16.7 Å². The van der Waals surface area contributed by atoms with Crippen LogP contribution in [0.4, 0.5) is 17.6 Å². The van der Waals surface area contributed by atoms with Crippen LogP contribution < -0.4 is 56.6 Å². The van der Waals surface area contributed by atoms with E-state index in [9.17, 15) is 107 Å². The van der Waals surface area contributed by atoms with Gasteiger partial charge in [0.2, 0.25) is 5.95 Å². The Morgan fingerprint density at radius 2 is 0.814 bits per heavy atom. The van der Waals surface area contributed by atoms with Gasteiger partial charge in [0.15, 0.2) is 42.3 Å². The van der Waals surface area contributed by atoms with E-state index in [0.29, 0.717) is 13.7 Å². The molecule has 50 nitrogen and oxygen atoms in total. The van der Waals surface area contributed by atoms with Crippen molar-refractivity contribution in [3.63, 3.8) is 0 Å². The normalized spacial score (nSPS) is 32.8. The summed E-state index contributed by atoms with van der Waals surface area (Å²) in [6, 6.07) is 1.56. The topological polar surface area (TPSA) is 732 Å². The van der Waals surface area contributed by atoms with Gasteiger partial charge in [-0.3, -0.25) is 88.4 Å². The second-order valence-electron chi connectivity index (χ2n) is 23.1. The number of aromatic amines is 3. The summed E-state index contributed by atoms with van der Waals surface area (Å²) in [5, 5.41) is 78.1. The first-order valence-corrected chi connectivity index (χ1v) is 35.5. The number of fused-ring (bicyclic) bond motifs is 1. The fourth-order valence-corrected chi connectivity index (χ4v) is 15.1. The predicted molar refractivity (Wildman–Crippen MR) is 326 cm³/mol. The molecule has 24 atom stereocenters. The number of rotatable bonds is 26. The molecule has 54 heteroatoms.